The number of aromatic hydroxyl groups is 1. The first-order valence-corrected chi connectivity index (χ1v) is 11.7. The van der Waals surface area contributed by atoms with Gasteiger partial charge in [0, 0.05) is 22.2 Å². The van der Waals surface area contributed by atoms with Gasteiger partial charge in [-0.3, -0.25) is 4.72 Å². The Morgan fingerprint density at radius 3 is 2.44 bits per heavy atom. The molecule has 3 N–H and O–H groups in total. The summed E-state index contributed by atoms with van der Waals surface area (Å²) in [6.07, 6.45) is 0. The van der Waals surface area contributed by atoms with Gasteiger partial charge in [0.05, 0.1) is 29.8 Å². The average Bonchev–Trinajstić information content (AvgIpc) is 3.13. The van der Waals surface area contributed by atoms with Crippen LogP contribution in [0.4, 0.5) is 11.4 Å². The maximum Gasteiger partial charge on any atom is 0.232 e. The zero-order valence-corrected chi connectivity index (χ0v) is 18.5. The average molecular weight is 450 g/mol. The molecule has 3 aromatic carbocycles. The Morgan fingerprint density at radius 2 is 1.78 bits per heavy atom. The molecule has 0 unspecified atom stereocenters. The van der Waals surface area contributed by atoms with Crippen molar-refractivity contribution in [2.24, 2.45) is 4.99 Å². The molecule has 0 aliphatic heterocycles. The zero-order valence-electron chi connectivity index (χ0n) is 17.7. The molecular formula is C24H23N3O4S. The first-order chi connectivity index (χ1) is 15.4. The summed E-state index contributed by atoms with van der Waals surface area (Å²) in [7, 11) is -1.84. The Bertz CT molecular complexity index is 1380. The van der Waals surface area contributed by atoms with Gasteiger partial charge in [0.15, 0.2) is 5.88 Å². The van der Waals surface area contributed by atoms with Crippen LogP contribution in [-0.2, 0) is 10.0 Å². The summed E-state index contributed by atoms with van der Waals surface area (Å²) in [5, 5.41) is 11.4. The number of aliphatic imine (C=N–C) groups is 1. The van der Waals surface area contributed by atoms with Crippen molar-refractivity contribution in [1.29, 1.82) is 0 Å². The summed E-state index contributed by atoms with van der Waals surface area (Å²) < 4.78 is 31.9. The Kier molecular flexibility index (Phi) is 5.87. The van der Waals surface area contributed by atoms with E-state index in [1.165, 1.54) is 0 Å². The summed E-state index contributed by atoms with van der Waals surface area (Å²) in [5.41, 5.74) is 3.60. The highest BCUT2D eigenvalue weighted by atomic mass is 32.2. The van der Waals surface area contributed by atoms with E-state index >= 15 is 0 Å². The third-order valence-electron chi connectivity index (χ3n) is 5.03. The van der Waals surface area contributed by atoms with Gasteiger partial charge in [-0.1, -0.05) is 30.3 Å². The molecule has 0 saturated carbocycles. The Hall–Kier alpha value is -3.78. The highest BCUT2D eigenvalue weighted by Crippen LogP contribution is 2.33. The summed E-state index contributed by atoms with van der Waals surface area (Å²) in [4.78, 5) is 7.78. The largest absolute Gasteiger partial charge is 0.497 e. The lowest BCUT2D eigenvalue weighted by atomic mass is 10.0. The number of rotatable bonds is 7. The number of anilines is 1. The third kappa shape index (κ3) is 4.45. The van der Waals surface area contributed by atoms with Crippen molar-refractivity contribution in [1.82, 2.24) is 4.98 Å². The molecule has 0 saturated heterocycles. The van der Waals surface area contributed by atoms with Crippen LogP contribution in [0.15, 0.2) is 77.8 Å². The molecule has 4 aromatic rings. The smallest absolute Gasteiger partial charge is 0.232 e. The lowest BCUT2D eigenvalue weighted by Gasteiger charge is -2.09. The van der Waals surface area contributed by atoms with Crippen LogP contribution in [0.3, 0.4) is 0 Å². The van der Waals surface area contributed by atoms with E-state index in [1.807, 2.05) is 54.6 Å². The van der Waals surface area contributed by atoms with Gasteiger partial charge in [-0.05, 0) is 49.4 Å². The molecule has 0 radical (unpaired) electrons. The van der Waals surface area contributed by atoms with Crippen molar-refractivity contribution < 1.29 is 18.3 Å². The van der Waals surface area contributed by atoms with Crippen molar-refractivity contribution in [2.45, 2.75) is 6.92 Å². The fourth-order valence-corrected chi connectivity index (χ4v) is 4.01. The third-order valence-corrected chi connectivity index (χ3v) is 6.34. The molecule has 0 bridgehead atoms. The number of nitrogens with one attached hydrogen (secondary N) is 2. The number of ether oxygens (including phenoxy) is 1. The summed E-state index contributed by atoms with van der Waals surface area (Å²) in [5.74, 6) is 0.629. The molecular weight excluding hydrogens is 426 g/mol. The van der Waals surface area contributed by atoms with Crippen LogP contribution in [0.2, 0.25) is 0 Å². The topological polar surface area (TPSA) is 104 Å². The molecule has 0 aliphatic rings. The molecule has 1 heterocycles. The van der Waals surface area contributed by atoms with Crippen molar-refractivity contribution in [2.75, 3.05) is 17.6 Å². The van der Waals surface area contributed by atoms with Gasteiger partial charge in [0.1, 0.15) is 5.75 Å². The number of nitrogens with zero attached hydrogens (tertiary/aromatic N) is 1. The number of benzene rings is 3. The fraction of sp³-hybridized carbons (Fsp3) is 0.125. The standard InChI is InChI=1S/C24H23N3O4S/c1-3-32(29,30)27-18-11-14-21-20(15-18)22(24(28)26-21)23(16-7-5-4-6-8-16)25-17-9-12-19(31-2)13-10-17/h4-15,26-28H,3H2,1-2H3. The molecule has 7 nitrogen and oxygen atoms in total. The minimum absolute atomic E-state index is 0.0372. The van der Waals surface area contributed by atoms with Gasteiger partial charge in [-0.25, -0.2) is 13.4 Å². The Labute approximate surface area is 186 Å². The monoisotopic (exact) mass is 449 g/mol. The second kappa shape index (κ2) is 8.76. The number of aromatic nitrogens is 1. The van der Waals surface area contributed by atoms with E-state index in [-0.39, 0.29) is 11.6 Å². The molecule has 4 rings (SSSR count). The van der Waals surface area contributed by atoms with Crippen LogP contribution in [-0.4, -0.2) is 37.1 Å². The molecule has 32 heavy (non-hydrogen) atoms. The fourth-order valence-electron chi connectivity index (χ4n) is 3.38. The van der Waals surface area contributed by atoms with E-state index in [0.29, 0.717) is 39.3 Å². The van der Waals surface area contributed by atoms with Crippen LogP contribution in [0.1, 0.15) is 18.1 Å². The van der Waals surface area contributed by atoms with Gasteiger partial charge in [-0.2, -0.15) is 0 Å². The van der Waals surface area contributed by atoms with Crippen LogP contribution in [0.5, 0.6) is 11.6 Å². The van der Waals surface area contributed by atoms with E-state index < -0.39 is 10.0 Å². The van der Waals surface area contributed by atoms with Crippen molar-refractivity contribution >= 4 is 38.0 Å². The van der Waals surface area contributed by atoms with E-state index in [0.717, 1.165) is 5.56 Å². The van der Waals surface area contributed by atoms with Crippen LogP contribution < -0.4 is 9.46 Å². The summed E-state index contributed by atoms with van der Waals surface area (Å²) in [6, 6.07) is 21.9. The number of hydrogen-bond donors (Lipinski definition) is 3. The highest BCUT2D eigenvalue weighted by molar-refractivity contribution is 7.92. The Morgan fingerprint density at radius 1 is 1.06 bits per heavy atom. The quantitative estimate of drug-likeness (QED) is 0.352. The molecule has 8 heteroatoms. The van der Waals surface area contributed by atoms with Gasteiger partial charge in [0.25, 0.3) is 0 Å². The van der Waals surface area contributed by atoms with Crippen LogP contribution in [0.25, 0.3) is 10.9 Å². The minimum atomic E-state index is -3.44. The SMILES string of the molecule is CCS(=O)(=O)Nc1ccc2[nH]c(O)c(C(=Nc3ccc(OC)cc3)c3ccccc3)c2c1. The van der Waals surface area contributed by atoms with Crippen molar-refractivity contribution in [3.8, 4) is 11.6 Å². The maximum atomic E-state index is 12.0. The number of methoxy groups -OCH3 is 1. The molecule has 0 aliphatic carbocycles. The number of hydrogen-bond acceptors (Lipinski definition) is 5. The number of aromatic amines is 1. The van der Waals surface area contributed by atoms with Crippen molar-refractivity contribution in [3.05, 3.63) is 83.9 Å². The molecule has 1 aromatic heterocycles. The molecule has 0 fully saturated rings. The minimum Gasteiger partial charge on any atom is -0.497 e. The Balaban J connectivity index is 1.91. The molecule has 0 amide bonds. The molecule has 0 spiro atoms. The maximum absolute atomic E-state index is 12.0. The lowest BCUT2D eigenvalue weighted by molar-refractivity contribution is 0.415. The van der Waals surface area contributed by atoms with Gasteiger partial charge >= 0.3 is 0 Å². The van der Waals surface area contributed by atoms with Gasteiger partial charge < -0.3 is 14.8 Å². The van der Waals surface area contributed by atoms with E-state index in [1.54, 1.807) is 32.2 Å². The second-order valence-corrected chi connectivity index (χ2v) is 9.15. The van der Waals surface area contributed by atoms with Crippen LogP contribution in [0, 0.1) is 0 Å². The predicted octanol–water partition coefficient (Wildman–Crippen LogP) is 4.81. The van der Waals surface area contributed by atoms with E-state index in [9.17, 15) is 13.5 Å². The highest BCUT2D eigenvalue weighted by Gasteiger charge is 2.19. The van der Waals surface area contributed by atoms with Crippen LogP contribution >= 0.6 is 0 Å². The zero-order chi connectivity index (χ0) is 22.7. The number of fused-ring (bicyclic) bond motifs is 1. The summed E-state index contributed by atoms with van der Waals surface area (Å²) >= 11 is 0. The van der Waals surface area contributed by atoms with Gasteiger partial charge in [-0.15, -0.1) is 0 Å². The van der Waals surface area contributed by atoms with Gasteiger partial charge in [0.2, 0.25) is 10.0 Å². The first-order valence-electron chi connectivity index (χ1n) is 10.0. The first kappa shape index (κ1) is 21.5. The number of H-pyrrole nitrogens is 1. The molecule has 0 atom stereocenters. The van der Waals surface area contributed by atoms with E-state index in [4.69, 9.17) is 9.73 Å². The normalized spacial score (nSPS) is 12.1. The van der Waals surface area contributed by atoms with E-state index in [2.05, 4.69) is 9.71 Å². The lowest BCUT2D eigenvalue weighted by Crippen LogP contribution is -2.14. The number of sulfonamides is 1. The summed E-state index contributed by atoms with van der Waals surface area (Å²) in [6.45, 7) is 1.57. The predicted molar refractivity (Wildman–Crippen MR) is 128 cm³/mol. The second-order valence-electron chi connectivity index (χ2n) is 7.14. The van der Waals surface area contributed by atoms with Crippen molar-refractivity contribution in [3.63, 3.8) is 0 Å². The molecule has 164 valence electrons.